The standard InChI is InChI=1S/C10H8O5S/c11-7-3-1-2-6-4-5-8(16(13,14)15)10(12)9(6)7/h1-5,11-12H,(H,13,14,15). The van der Waals surface area contributed by atoms with Crippen molar-refractivity contribution in [2.24, 2.45) is 0 Å². The summed E-state index contributed by atoms with van der Waals surface area (Å²) in [4.78, 5) is -0.624. The van der Waals surface area contributed by atoms with Crippen LogP contribution in [0.15, 0.2) is 35.2 Å². The van der Waals surface area contributed by atoms with Crippen molar-refractivity contribution in [1.29, 1.82) is 0 Å². The number of rotatable bonds is 1. The Bertz CT molecular complexity index is 660. The minimum absolute atomic E-state index is 0.00220. The van der Waals surface area contributed by atoms with Gasteiger partial charge in [-0.2, -0.15) is 8.42 Å². The predicted molar refractivity (Wildman–Crippen MR) is 57.1 cm³/mol. The van der Waals surface area contributed by atoms with Crippen LogP contribution in [0.5, 0.6) is 11.5 Å². The first-order valence-electron chi connectivity index (χ1n) is 4.32. The molecule has 6 heteroatoms. The molecular weight excluding hydrogens is 232 g/mol. The molecule has 0 heterocycles. The van der Waals surface area contributed by atoms with Crippen LogP contribution in [0, 0.1) is 0 Å². The van der Waals surface area contributed by atoms with Crippen LogP contribution in [0.2, 0.25) is 0 Å². The molecule has 0 amide bonds. The van der Waals surface area contributed by atoms with E-state index in [9.17, 15) is 18.6 Å². The molecule has 0 atom stereocenters. The first-order valence-corrected chi connectivity index (χ1v) is 5.76. The van der Waals surface area contributed by atoms with Crippen molar-refractivity contribution in [2.45, 2.75) is 4.90 Å². The van der Waals surface area contributed by atoms with Crippen molar-refractivity contribution < 1.29 is 23.2 Å². The first-order chi connectivity index (χ1) is 7.41. The third-order valence-electron chi connectivity index (χ3n) is 2.24. The number of phenols is 2. The van der Waals surface area contributed by atoms with E-state index in [-0.39, 0.29) is 11.1 Å². The molecule has 0 aliphatic rings. The molecule has 2 rings (SSSR count). The quantitative estimate of drug-likeness (QED) is 0.656. The van der Waals surface area contributed by atoms with Crippen LogP contribution in [0.3, 0.4) is 0 Å². The Hall–Kier alpha value is -1.79. The molecule has 0 saturated heterocycles. The highest BCUT2D eigenvalue weighted by atomic mass is 32.2. The first kappa shape index (κ1) is 10.7. The molecule has 0 radical (unpaired) electrons. The summed E-state index contributed by atoms with van der Waals surface area (Å²) in [6.45, 7) is 0. The van der Waals surface area contributed by atoms with Gasteiger partial charge in [0.1, 0.15) is 16.4 Å². The van der Waals surface area contributed by atoms with Gasteiger partial charge in [-0.05, 0) is 17.5 Å². The second-order valence-corrected chi connectivity index (χ2v) is 4.65. The molecule has 0 bridgehead atoms. The van der Waals surface area contributed by atoms with Crippen molar-refractivity contribution in [1.82, 2.24) is 0 Å². The summed E-state index contributed by atoms with van der Waals surface area (Å²) in [6.07, 6.45) is 0. The number of phenolic OH excluding ortho intramolecular Hbond substituents is 2. The van der Waals surface area contributed by atoms with Crippen LogP contribution in [0.25, 0.3) is 10.8 Å². The largest absolute Gasteiger partial charge is 0.507 e. The fourth-order valence-corrected chi connectivity index (χ4v) is 2.12. The maximum atomic E-state index is 10.9. The topological polar surface area (TPSA) is 94.8 Å². The summed E-state index contributed by atoms with van der Waals surface area (Å²) in [6, 6.07) is 6.94. The normalized spacial score (nSPS) is 11.8. The summed E-state index contributed by atoms with van der Waals surface area (Å²) >= 11 is 0. The van der Waals surface area contributed by atoms with Gasteiger partial charge in [0.2, 0.25) is 0 Å². The fraction of sp³-hybridized carbons (Fsp3) is 0. The molecule has 0 aromatic heterocycles. The highest BCUT2D eigenvalue weighted by Gasteiger charge is 2.18. The molecule has 0 fully saturated rings. The molecule has 3 N–H and O–H groups in total. The molecular formula is C10H8O5S. The Balaban J connectivity index is 2.95. The number of hydrogen-bond acceptors (Lipinski definition) is 4. The lowest BCUT2D eigenvalue weighted by atomic mass is 10.1. The highest BCUT2D eigenvalue weighted by molar-refractivity contribution is 7.86. The smallest absolute Gasteiger partial charge is 0.298 e. The molecule has 16 heavy (non-hydrogen) atoms. The predicted octanol–water partition coefficient (Wildman–Crippen LogP) is 1.50. The lowest BCUT2D eigenvalue weighted by molar-refractivity contribution is 0.442. The molecule has 2 aromatic rings. The minimum atomic E-state index is -4.50. The Labute approximate surface area is 91.3 Å². The Morgan fingerprint density at radius 1 is 1.00 bits per heavy atom. The van der Waals surface area contributed by atoms with E-state index in [2.05, 4.69) is 0 Å². The minimum Gasteiger partial charge on any atom is -0.507 e. The third-order valence-corrected chi connectivity index (χ3v) is 3.12. The average molecular weight is 240 g/mol. The van der Waals surface area contributed by atoms with Crippen LogP contribution in [0.4, 0.5) is 0 Å². The second-order valence-electron chi connectivity index (χ2n) is 3.26. The zero-order valence-corrected chi connectivity index (χ0v) is 8.77. The van der Waals surface area contributed by atoms with E-state index in [0.29, 0.717) is 5.39 Å². The molecule has 84 valence electrons. The lowest BCUT2D eigenvalue weighted by Gasteiger charge is -2.06. The van der Waals surface area contributed by atoms with Crippen LogP contribution >= 0.6 is 0 Å². The summed E-state index contributed by atoms with van der Waals surface area (Å²) in [7, 11) is -4.50. The molecule has 2 aromatic carbocycles. The van der Waals surface area contributed by atoms with Gasteiger partial charge in [0.15, 0.2) is 0 Å². The van der Waals surface area contributed by atoms with Gasteiger partial charge in [0, 0.05) is 0 Å². The zero-order valence-electron chi connectivity index (χ0n) is 7.95. The summed E-state index contributed by atoms with van der Waals surface area (Å²) in [5, 5.41) is 19.6. The summed E-state index contributed by atoms with van der Waals surface area (Å²) in [5.74, 6) is -0.904. The maximum Gasteiger partial charge on any atom is 0.298 e. The number of fused-ring (bicyclic) bond motifs is 1. The molecule has 0 spiro atoms. The monoisotopic (exact) mass is 240 g/mol. The second kappa shape index (κ2) is 3.36. The van der Waals surface area contributed by atoms with E-state index in [0.717, 1.165) is 6.07 Å². The van der Waals surface area contributed by atoms with E-state index in [1.54, 1.807) is 12.1 Å². The van der Waals surface area contributed by atoms with Crippen molar-refractivity contribution in [3.63, 3.8) is 0 Å². The summed E-state index contributed by atoms with van der Waals surface area (Å²) in [5.41, 5.74) is 0. The van der Waals surface area contributed by atoms with Crippen molar-refractivity contribution >= 4 is 20.9 Å². The summed E-state index contributed by atoms with van der Waals surface area (Å²) < 4.78 is 30.7. The number of benzene rings is 2. The van der Waals surface area contributed by atoms with Gasteiger partial charge in [0.25, 0.3) is 10.1 Å². The van der Waals surface area contributed by atoms with Crippen molar-refractivity contribution in [3.05, 3.63) is 30.3 Å². The Morgan fingerprint density at radius 2 is 1.69 bits per heavy atom. The number of aromatic hydroxyl groups is 2. The lowest BCUT2D eigenvalue weighted by Crippen LogP contribution is -1.98. The number of hydrogen-bond donors (Lipinski definition) is 3. The van der Waals surface area contributed by atoms with E-state index < -0.39 is 20.8 Å². The van der Waals surface area contributed by atoms with Crippen molar-refractivity contribution in [2.75, 3.05) is 0 Å². The van der Waals surface area contributed by atoms with Crippen LogP contribution in [-0.2, 0) is 10.1 Å². The van der Waals surface area contributed by atoms with Crippen LogP contribution < -0.4 is 0 Å². The van der Waals surface area contributed by atoms with Gasteiger partial charge in [-0.3, -0.25) is 4.55 Å². The molecule has 0 aliphatic carbocycles. The molecule has 0 aliphatic heterocycles. The molecule has 5 nitrogen and oxygen atoms in total. The van der Waals surface area contributed by atoms with Gasteiger partial charge >= 0.3 is 0 Å². The van der Waals surface area contributed by atoms with Crippen molar-refractivity contribution in [3.8, 4) is 11.5 Å². The van der Waals surface area contributed by atoms with Crippen LogP contribution in [0.1, 0.15) is 0 Å². The van der Waals surface area contributed by atoms with E-state index in [1.807, 2.05) is 0 Å². The van der Waals surface area contributed by atoms with Gasteiger partial charge < -0.3 is 10.2 Å². The SMILES string of the molecule is O=S(=O)(O)c1ccc2cccc(O)c2c1O. The van der Waals surface area contributed by atoms with E-state index in [4.69, 9.17) is 4.55 Å². The fourth-order valence-electron chi connectivity index (χ4n) is 1.53. The van der Waals surface area contributed by atoms with E-state index >= 15 is 0 Å². The van der Waals surface area contributed by atoms with Gasteiger partial charge in [-0.1, -0.05) is 18.2 Å². The average Bonchev–Trinajstić information content (AvgIpc) is 2.16. The Morgan fingerprint density at radius 3 is 2.31 bits per heavy atom. The molecule has 0 unspecified atom stereocenters. The zero-order chi connectivity index (χ0) is 11.9. The molecule has 0 saturated carbocycles. The van der Waals surface area contributed by atoms with Crippen LogP contribution in [-0.4, -0.2) is 23.2 Å². The maximum absolute atomic E-state index is 10.9. The van der Waals surface area contributed by atoms with Gasteiger partial charge in [-0.25, -0.2) is 0 Å². The Kier molecular flexibility index (Phi) is 2.25. The third kappa shape index (κ3) is 1.58. The highest BCUT2D eigenvalue weighted by Crippen LogP contribution is 2.36. The van der Waals surface area contributed by atoms with E-state index in [1.165, 1.54) is 12.1 Å². The van der Waals surface area contributed by atoms with Gasteiger partial charge in [-0.15, -0.1) is 0 Å². The van der Waals surface area contributed by atoms with Gasteiger partial charge in [0.05, 0.1) is 5.39 Å².